The van der Waals surface area contributed by atoms with Crippen molar-refractivity contribution < 1.29 is 4.79 Å². The van der Waals surface area contributed by atoms with Crippen LogP contribution < -0.4 is 0 Å². The van der Waals surface area contributed by atoms with Gasteiger partial charge in [0.1, 0.15) is 0 Å². The highest BCUT2D eigenvalue weighted by Gasteiger charge is 2.29. The summed E-state index contributed by atoms with van der Waals surface area (Å²) in [5, 5.41) is 1.12. The molecule has 18 heavy (non-hydrogen) atoms. The Labute approximate surface area is 104 Å². The lowest BCUT2D eigenvalue weighted by Crippen LogP contribution is -2.06. The van der Waals surface area contributed by atoms with Crippen molar-refractivity contribution in [2.75, 3.05) is 0 Å². The molecule has 0 radical (unpaired) electrons. The summed E-state index contributed by atoms with van der Waals surface area (Å²) in [7, 11) is 0. The van der Waals surface area contributed by atoms with Gasteiger partial charge >= 0.3 is 0 Å². The second-order valence-electron chi connectivity index (χ2n) is 4.73. The number of carbonyl (C=O) groups is 1. The number of fused-ring (bicyclic) bond motifs is 5. The van der Waals surface area contributed by atoms with Gasteiger partial charge in [-0.3, -0.25) is 9.36 Å². The van der Waals surface area contributed by atoms with Gasteiger partial charge in [-0.2, -0.15) is 0 Å². The van der Waals surface area contributed by atoms with Gasteiger partial charge in [-0.1, -0.05) is 36.4 Å². The Morgan fingerprint density at radius 1 is 1.00 bits per heavy atom. The molecule has 0 amide bonds. The van der Waals surface area contributed by atoms with Gasteiger partial charge in [0.2, 0.25) is 0 Å². The molecule has 0 N–H and O–H groups in total. The van der Waals surface area contributed by atoms with E-state index in [4.69, 9.17) is 0 Å². The van der Waals surface area contributed by atoms with Gasteiger partial charge in [-0.25, -0.2) is 0 Å². The first-order valence-corrected chi connectivity index (χ1v) is 6.02. The van der Waals surface area contributed by atoms with Crippen LogP contribution in [0.5, 0.6) is 0 Å². The number of aromatic nitrogens is 1. The number of nitrogens with zero attached hydrogens (tertiary/aromatic N) is 1. The lowest BCUT2D eigenvalue weighted by atomic mass is 10.0. The van der Waals surface area contributed by atoms with Gasteiger partial charge in [0.25, 0.3) is 5.91 Å². The Balaban J connectivity index is 2.18. The standard InChI is InChI=1S/C16H11NO/c1-10-5-4-7-12-14-9-11-6-2-3-8-13(11)17(14)16(18)15(10)12/h2-9H,1H3. The van der Waals surface area contributed by atoms with E-state index in [9.17, 15) is 4.79 Å². The third-order valence-electron chi connectivity index (χ3n) is 3.68. The van der Waals surface area contributed by atoms with Gasteiger partial charge < -0.3 is 0 Å². The molecule has 0 unspecified atom stereocenters. The molecule has 0 spiro atoms. The number of hydrogen-bond donors (Lipinski definition) is 0. The van der Waals surface area contributed by atoms with Crippen LogP contribution in [0.25, 0.3) is 22.2 Å². The minimum absolute atomic E-state index is 0.0966. The van der Waals surface area contributed by atoms with E-state index in [1.807, 2.05) is 54.0 Å². The minimum atomic E-state index is 0.0966. The van der Waals surface area contributed by atoms with Crippen LogP contribution >= 0.6 is 0 Å². The van der Waals surface area contributed by atoms with Crippen LogP contribution in [0.1, 0.15) is 15.9 Å². The third kappa shape index (κ3) is 1.00. The largest absolute Gasteiger partial charge is 0.276 e. The molecule has 0 aliphatic carbocycles. The molecule has 2 nitrogen and oxygen atoms in total. The Hall–Kier alpha value is -2.35. The summed E-state index contributed by atoms with van der Waals surface area (Å²) in [6.07, 6.45) is 0. The van der Waals surface area contributed by atoms with E-state index in [-0.39, 0.29) is 5.91 Å². The predicted molar refractivity (Wildman–Crippen MR) is 71.8 cm³/mol. The number of rotatable bonds is 0. The molecule has 86 valence electrons. The second-order valence-corrected chi connectivity index (χ2v) is 4.73. The molecule has 1 aliphatic rings. The van der Waals surface area contributed by atoms with Crippen molar-refractivity contribution in [3.63, 3.8) is 0 Å². The molecule has 0 saturated carbocycles. The van der Waals surface area contributed by atoms with Crippen molar-refractivity contribution >= 4 is 16.8 Å². The van der Waals surface area contributed by atoms with Crippen LogP contribution in [-0.2, 0) is 0 Å². The lowest BCUT2D eigenvalue weighted by molar-refractivity contribution is 0.0973. The number of carbonyl (C=O) groups excluding carboxylic acids is 1. The van der Waals surface area contributed by atoms with Crippen LogP contribution in [0, 0.1) is 6.92 Å². The molecular formula is C16H11NO. The zero-order valence-electron chi connectivity index (χ0n) is 9.97. The normalized spacial score (nSPS) is 12.8. The lowest BCUT2D eigenvalue weighted by Gasteiger charge is -2.01. The topological polar surface area (TPSA) is 22.0 Å². The van der Waals surface area contributed by atoms with Gasteiger partial charge in [-0.05, 0) is 24.6 Å². The fourth-order valence-corrected chi connectivity index (χ4v) is 2.85. The molecule has 2 aromatic carbocycles. The number of hydrogen-bond acceptors (Lipinski definition) is 1. The van der Waals surface area contributed by atoms with Crippen LogP contribution in [0.4, 0.5) is 0 Å². The minimum Gasteiger partial charge on any atom is -0.276 e. The summed E-state index contributed by atoms with van der Waals surface area (Å²) in [6.45, 7) is 1.99. The summed E-state index contributed by atoms with van der Waals surface area (Å²) in [5.41, 5.74) is 4.95. The molecule has 1 aromatic heterocycles. The Morgan fingerprint density at radius 2 is 1.83 bits per heavy atom. The van der Waals surface area contributed by atoms with Crippen molar-refractivity contribution in [3.8, 4) is 11.3 Å². The van der Waals surface area contributed by atoms with Gasteiger partial charge in [0, 0.05) is 10.9 Å². The van der Waals surface area contributed by atoms with E-state index < -0.39 is 0 Å². The van der Waals surface area contributed by atoms with Crippen LogP contribution in [0.15, 0.2) is 48.5 Å². The zero-order valence-corrected chi connectivity index (χ0v) is 9.97. The highest BCUT2D eigenvalue weighted by atomic mass is 16.2. The predicted octanol–water partition coefficient (Wildman–Crippen LogP) is 3.62. The monoisotopic (exact) mass is 233 g/mol. The van der Waals surface area contributed by atoms with Crippen LogP contribution in [0.2, 0.25) is 0 Å². The number of benzene rings is 2. The molecule has 2 heteroatoms. The number of para-hydroxylation sites is 1. The maximum Gasteiger partial charge on any atom is 0.263 e. The summed E-state index contributed by atoms with van der Waals surface area (Å²) in [6, 6.07) is 16.1. The summed E-state index contributed by atoms with van der Waals surface area (Å²) in [5.74, 6) is 0.0966. The maximum absolute atomic E-state index is 12.5. The van der Waals surface area contributed by atoms with Crippen molar-refractivity contribution in [2.24, 2.45) is 0 Å². The van der Waals surface area contributed by atoms with Gasteiger partial charge in [0.05, 0.1) is 16.8 Å². The van der Waals surface area contributed by atoms with Crippen molar-refractivity contribution in [1.29, 1.82) is 0 Å². The summed E-state index contributed by atoms with van der Waals surface area (Å²) >= 11 is 0. The van der Waals surface area contributed by atoms with E-state index in [1.165, 1.54) is 0 Å². The molecular weight excluding hydrogens is 222 g/mol. The first kappa shape index (κ1) is 9.66. The van der Waals surface area contributed by atoms with Crippen LogP contribution in [-0.4, -0.2) is 10.5 Å². The van der Waals surface area contributed by atoms with E-state index in [1.54, 1.807) is 0 Å². The van der Waals surface area contributed by atoms with E-state index in [0.717, 1.165) is 33.3 Å². The zero-order chi connectivity index (χ0) is 12.3. The SMILES string of the molecule is Cc1cccc2c1C(=O)n1c-2cc2ccccc21. The van der Waals surface area contributed by atoms with E-state index in [2.05, 4.69) is 6.07 Å². The molecule has 0 atom stereocenters. The van der Waals surface area contributed by atoms with Crippen molar-refractivity contribution in [1.82, 2.24) is 4.57 Å². The summed E-state index contributed by atoms with van der Waals surface area (Å²) in [4.78, 5) is 12.5. The molecule has 2 heterocycles. The maximum atomic E-state index is 12.5. The average molecular weight is 233 g/mol. The first-order chi connectivity index (χ1) is 8.77. The summed E-state index contributed by atoms with van der Waals surface area (Å²) < 4.78 is 1.83. The molecule has 0 fully saturated rings. The van der Waals surface area contributed by atoms with Crippen molar-refractivity contribution in [2.45, 2.75) is 6.92 Å². The highest BCUT2D eigenvalue weighted by Crippen LogP contribution is 2.38. The molecule has 3 aromatic rings. The first-order valence-electron chi connectivity index (χ1n) is 6.02. The smallest absolute Gasteiger partial charge is 0.263 e. The van der Waals surface area contributed by atoms with Crippen LogP contribution in [0.3, 0.4) is 0 Å². The molecule has 1 aliphatic heterocycles. The number of aryl methyl sites for hydroxylation is 1. The molecule has 0 bridgehead atoms. The van der Waals surface area contributed by atoms with Gasteiger partial charge in [0.15, 0.2) is 0 Å². The Kier molecular flexibility index (Phi) is 1.67. The van der Waals surface area contributed by atoms with E-state index in [0.29, 0.717) is 0 Å². The highest BCUT2D eigenvalue weighted by molar-refractivity contribution is 6.15. The van der Waals surface area contributed by atoms with Crippen molar-refractivity contribution in [3.05, 3.63) is 59.7 Å². The molecule has 0 saturated heterocycles. The fourth-order valence-electron chi connectivity index (χ4n) is 2.85. The average Bonchev–Trinajstić information content (AvgIpc) is 2.88. The second kappa shape index (κ2) is 3.10. The van der Waals surface area contributed by atoms with E-state index >= 15 is 0 Å². The quantitative estimate of drug-likeness (QED) is 0.454. The van der Waals surface area contributed by atoms with Gasteiger partial charge in [-0.15, -0.1) is 0 Å². The molecule has 4 rings (SSSR count). The Bertz CT molecular complexity index is 811. The third-order valence-corrected chi connectivity index (χ3v) is 3.68. The fraction of sp³-hybridized carbons (Fsp3) is 0.0625. The Morgan fingerprint density at radius 3 is 2.72 bits per heavy atom.